The quantitative estimate of drug-likeness (QED) is 0.844. The van der Waals surface area contributed by atoms with E-state index >= 15 is 0 Å². The number of ether oxygens (including phenoxy) is 1. The topological polar surface area (TPSA) is 48.2 Å². The Morgan fingerprint density at radius 1 is 1.29 bits per heavy atom. The van der Waals surface area contributed by atoms with E-state index in [0.717, 1.165) is 10.2 Å². The molecule has 0 radical (unpaired) electrons. The van der Waals surface area contributed by atoms with Crippen LogP contribution in [0.15, 0.2) is 39.7 Å². The average Bonchev–Trinajstić information content (AvgIpc) is 2.70. The van der Waals surface area contributed by atoms with Gasteiger partial charge in [0.15, 0.2) is 6.61 Å². The van der Waals surface area contributed by atoms with E-state index in [0.29, 0.717) is 12.4 Å². The fourth-order valence-corrected chi connectivity index (χ4v) is 1.20. The summed E-state index contributed by atoms with van der Waals surface area (Å²) in [5, 5.41) is 3.63. The van der Waals surface area contributed by atoms with Crippen molar-refractivity contribution in [2.75, 3.05) is 0 Å². The molecule has 0 aliphatic rings. The zero-order chi connectivity index (χ0) is 9.80. The van der Waals surface area contributed by atoms with Crippen molar-refractivity contribution in [3.8, 4) is 5.75 Å². The molecule has 0 N–H and O–H groups in total. The van der Waals surface area contributed by atoms with Gasteiger partial charge in [-0.3, -0.25) is 0 Å². The number of benzene rings is 1. The molecule has 2 rings (SSSR count). The van der Waals surface area contributed by atoms with Gasteiger partial charge < -0.3 is 9.26 Å². The lowest BCUT2D eigenvalue weighted by Crippen LogP contribution is -1.96. The van der Waals surface area contributed by atoms with Crippen LogP contribution >= 0.6 is 15.9 Å². The largest absolute Gasteiger partial charge is 0.485 e. The molecule has 1 heterocycles. The summed E-state index contributed by atoms with van der Waals surface area (Å²) in [6, 6.07) is 7.55. The van der Waals surface area contributed by atoms with E-state index in [2.05, 4.69) is 30.6 Å². The maximum Gasteiger partial charge on any atom is 0.213 e. The lowest BCUT2D eigenvalue weighted by Gasteiger charge is -2.02. The van der Waals surface area contributed by atoms with Gasteiger partial charge in [0.1, 0.15) is 5.75 Å². The van der Waals surface area contributed by atoms with Crippen molar-refractivity contribution in [1.29, 1.82) is 0 Å². The Labute approximate surface area is 89.0 Å². The van der Waals surface area contributed by atoms with E-state index in [1.807, 2.05) is 24.3 Å². The molecule has 0 bridgehead atoms. The summed E-state index contributed by atoms with van der Waals surface area (Å²) in [6.07, 6.45) is 1.28. The minimum absolute atomic E-state index is 0.318. The Morgan fingerprint density at radius 2 is 2.07 bits per heavy atom. The molecule has 5 heteroatoms. The first kappa shape index (κ1) is 9.21. The molecule has 1 aromatic heterocycles. The smallest absolute Gasteiger partial charge is 0.213 e. The fraction of sp³-hybridized carbons (Fsp3) is 0.111. The Bertz CT molecular complexity index is 386. The number of rotatable bonds is 3. The average molecular weight is 255 g/mol. The van der Waals surface area contributed by atoms with Crippen LogP contribution in [0.2, 0.25) is 0 Å². The van der Waals surface area contributed by atoms with E-state index in [4.69, 9.17) is 4.74 Å². The maximum absolute atomic E-state index is 5.40. The van der Waals surface area contributed by atoms with Gasteiger partial charge in [-0.15, -0.1) is 0 Å². The van der Waals surface area contributed by atoms with Crippen LogP contribution in [0.4, 0.5) is 0 Å². The Kier molecular flexibility index (Phi) is 2.78. The van der Waals surface area contributed by atoms with Crippen molar-refractivity contribution in [3.63, 3.8) is 0 Å². The van der Waals surface area contributed by atoms with Crippen LogP contribution in [0.25, 0.3) is 0 Å². The van der Waals surface area contributed by atoms with E-state index in [1.165, 1.54) is 6.39 Å². The van der Waals surface area contributed by atoms with Gasteiger partial charge in [0.05, 0.1) is 0 Å². The van der Waals surface area contributed by atoms with Gasteiger partial charge in [0.25, 0.3) is 0 Å². The molecule has 14 heavy (non-hydrogen) atoms. The fourth-order valence-electron chi connectivity index (χ4n) is 0.935. The first-order valence-corrected chi connectivity index (χ1v) is 4.77. The molecule has 0 amide bonds. The normalized spacial score (nSPS) is 10.1. The Hall–Kier alpha value is -1.36. The third kappa shape index (κ3) is 2.32. The Balaban J connectivity index is 1.95. The van der Waals surface area contributed by atoms with Crippen LogP contribution in [-0.2, 0) is 6.61 Å². The molecule has 4 nitrogen and oxygen atoms in total. The summed E-state index contributed by atoms with van der Waals surface area (Å²) in [5.74, 6) is 1.31. The lowest BCUT2D eigenvalue weighted by molar-refractivity contribution is 0.286. The summed E-state index contributed by atoms with van der Waals surface area (Å²) in [6.45, 7) is 0.318. The van der Waals surface area contributed by atoms with Crippen molar-refractivity contribution < 1.29 is 9.26 Å². The van der Waals surface area contributed by atoms with Crippen molar-refractivity contribution in [2.24, 2.45) is 0 Å². The molecule has 0 saturated carbocycles. The first-order valence-electron chi connectivity index (χ1n) is 3.98. The van der Waals surface area contributed by atoms with Gasteiger partial charge in [-0.25, -0.2) is 0 Å². The predicted molar refractivity (Wildman–Crippen MR) is 52.8 cm³/mol. The summed E-state index contributed by atoms with van der Waals surface area (Å²) in [7, 11) is 0. The number of hydrogen-bond donors (Lipinski definition) is 0. The summed E-state index contributed by atoms with van der Waals surface area (Å²) >= 11 is 3.34. The van der Waals surface area contributed by atoms with Crippen LogP contribution < -0.4 is 4.74 Å². The molecule has 0 fully saturated rings. The molecule has 0 saturated heterocycles. The zero-order valence-corrected chi connectivity index (χ0v) is 8.77. The van der Waals surface area contributed by atoms with Crippen molar-refractivity contribution in [1.82, 2.24) is 10.1 Å². The molecule has 2 aromatic rings. The van der Waals surface area contributed by atoms with Gasteiger partial charge >= 0.3 is 0 Å². The zero-order valence-electron chi connectivity index (χ0n) is 7.18. The van der Waals surface area contributed by atoms with E-state index in [-0.39, 0.29) is 0 Å². The summed E-state index contributed by atoms with van der Waals surface area (Å²) in [4.78, 5) is 3.84. The monoisotopic (exact) mass is 254 g/mol. The lowest BCUT2D eigenvalue weighted by atomic mass is 10.3. The van der Waals surface area contributed by atoms with Crippen LogP contribution in [0.3, 0.4) is 0 Å². The van der Waals surface area contributed by atoms with Crippen molar-refractivity contribution in [2.45, 2.75) is 6.61 Å². The highest BCUT2D eigenvalue weighted by Crippen LogP contribution is 2.16. The maximum atomic E-state index is 5.40. The second-order valence-electron chi connectivity index (χ2n) is 2.59. The van der Waals surface area contributed by atoms with Crippen LogP contribution in [0.1, 0.15) is 5.82 Å². The van der Waals surface area contributed by atoms with Gasteiger partial charge in [-0.1, -0.05) is 21.1 Å². The predicted octanol–water partition coefficient (Wildman–Crippen LogP) is 2.41. The van der Waals surface area contributed by atoms with Gasteiger partial charge in [0, 0.05) is 4.47 Å². The third-order valence-electron chi connectivity index (χ3n) is 1.59. The minimum Gasteiger partial charge on any atom is -0.485 e. The molecule has 0 unspecified atom stereocenters. The van der Waals surface area contributed by atoms with Crippen LogP contribution in [0.5, 0.6) is 5.75 Å². The summed E-state index contributed by atoms with van der Waals surface area (Å²) in [5.41, 5.74) is 0. The molecule has 0 aliphatic heterocycles. The second kappa shape index (κ2) is 4.23. The standard InChI is InChI=1S/C9H7BrN2O2/c10-7-1-3-8(4-2-7)13-5-9-11-6-14-12-9/h1-4,6H,5H2. The van der Waals surface area contributed by atoms with Crippen molar-refractivity contribution >= 4 is 15.9 Å². The third-order valence-corrected chi connectivity index (χ3v) is 2.12. The highest BCUT2D eigenvalue weighted by Gasteiger charge is 1.99. The van der Waals surface area contributed by atoms with Crippen molar-refractivity contribution in [3.05, 3.63) is 41.0 Å². The molecule has 1 aromatic carbocycles. The Morgan fingerprint density at radius 3 is 2.71 bits per heavy atom. The summed E-state index contributed by atoms with van der Waals surface area (Å²) < 4.78 is 11.0. The van der Waals surface area contributed by atoms with Crippen LogP contribution in [0, 0.1) is 0 Å². The molecular weight excluding hydrogens is 248 g/mol. The SMILES string of the molecule is Brc1ccc(OCc2ncon2)cc1. The van der Waals surface area contributed by atoms with Gasteiger partial charge in [-0.2, -0.15) is 4.98 Å². The van der Waals surface area contributed by atoms with Gasteiger partial charge in [-0.05, 0) is 24.3 Å². The number of halogens is 1. The molecule has 0 atom stereocenters. The van der Waals surface area contributed by atoms with Gasteiger partial charge in [0.2, 0.25) is 12.2 Å². The number of aromatic nitrogens is 2. The molecular formula is C9H7BrN2O2. The second-order valence-corrected chi connectivity index (χ2v) is 3.51. The van der Waals surface area contributed by atoms with E-state index < -0.39 is 0 Å². The molecule has 0 aliphatic carbocycles. The highest BCUT2D eigenvalue weighted by atomic mass is 79.9. The van der Waals surface area contributed by atoms with Crippen LogP contribution in [-0.4, -0.2) is 10.1 Å². The first-order chi connectivity index (χ1) is 6.84. The minimum atomic E-state index is 0.318. The van der Waals surface area contributed by atoms with E-state index in [9.17, 15) is 0 Å². The number of nitrogens with zero attached hydrogens (tertiary/aromatic N) is 2. The van der Waals surface area contributed by atoms with E-state index in [1.54, 1.807) is 0 Å². The highest BCUT2D eigenvalue weighted by molar-refractivity contribution is 9.10. The number of hydrogen-bond acceptors (Lipinski definition) is 4. The molecule has 0 spiro atoms. The molecule has 72 valence electrons.